The van der Waals surface area contributed by atoms with Crippen LogP contribution in [-0.4, -0.2) is 16.1 Å². The Kier molecular flexibility index (Phi) is 3.32. The maximum atomic E-state index is 5.58. The SMILES string of the molecule is CC(C)Oc1ccc(Cc2cnc(N)[nH]2)cc1. The van der Waals surface area contributed by atoms with Crippen molar-refractivity contribution in [3.8, 4) is 5.75 Å². The molecule has 4 heteroatoms. The largest absolute Gasteiger partial charge is 0.491 e. The molecule has 2 aromatic rings. The first-order chi connectivity index (χ1) is 8.13. The van der Waals surface area contributed by atoms with Crippen LogP contribution < -0.4 is 10.5 Å². The van der Waals surface area contributed by atoms with Gasteiger partial charge in [0.15, 0.2) is 5.95 Å². The Morgan fingerprint density at radius 3 is 2.53 bits per heavy atom. The van der Waals surface area contributed by atoms with Crippen molar-refractivity contribution < 1.29 is 4.74 Å². The summed E-state index contributed by atoms with van der Waals surface area (Å²) in [5.74, 6) is 1.35. The third kappa shape index (κ3) is 3.24. The van der Waals surface area contributed by atoms with Crippen LogP contribution >= 0.6 is 0 Å². The molecule has 2 rings (SSSR count). The minimum atomic E-state index is 0.202. The van der Waals surface area contributed by atoms with E-state index in [1.54, 1.807) is 6.20 Å². The van der Waals surface area contributed by atoms with Gasteiger partial charge in [-0.15, -0.1) is 0 Å². The molecule has 0 saturated heterocycles. The van der Waals surface area contributed by atoms with Gasteiger partial charge in [-0.1, -0.05) is 12.1 Å². The van der Waals surface area contributed by atoms with E-state index >= 15 is 0 Å². The normalized spacial score (nSPS) is 10.8. The highest BCUT2D eigenvalue weighted by Crippen LogP contribution is 2.16. The molecule has 1 aromatic heterocycles. The summed E-state index contributed by atoms with van der Waals surface area (Å²) in [6.45, 7) is 4.03. The number of aromatic amines is 1. The van der Waals surface area contributed by atoms with E-state index in [4.69, 9.17) is 10.5 Å². The third-order valence-corrected chi connectivity index (χ3v) is 2.34. The molecule has 0 unspecified atom stereocenters. The number of H-pyrrole nitrogens is 1. The Bertz CT molecular complexity index is 474. The smallest absolute Gasteiger partial charge is 0.197 e. The number of nitrogens with one attached hydrogen (secondary N) is 1. The molecule has 0 radical (unpaired) electrons. The van der Waals surface area contributed by atoms with Gasteiger partial charge in [-0.3, -0.25) is 0 Å². The standard InChI is InChI=1S/C13H17N3O/c1-9(2)17-12-5-3-10(4-6-12)7-11-8-15-13(14)16-11/h3-6,8-9H,7H2,1-2H3,(H3,14,15,16). The number of ether oxygens (including phenoxy) is 1. The second-order valence-corrected chi connectivity index (χ2v) is 4.28. The number of imidazole rings is 1. The van der Waals surface area contributed by atoms with Gasteiger partial charge in [-0.05, 0) is 31.5 Å². The first kappa shape index (κ1) is 11.5. The summed E-state index contributed by atoms with van der Waals surface area (Å²) in [4.78, 5) is 6.97. The molecule has 0 fully saturated rings. The molecular weight excluding hydrogens is 214 g/mol. The van der Waals surface area contributed by atoms with Crippen LogP contribution in [0.25, 0.3) is 0 Å². The molecule has 0 aliphatic rings. The van der Waals surface area contributed by atoms with E-state index in [0.717, 1.165) is 17.9 Å². The van der Waals surface area contributed by atoms with E-state index < -0.39 is 0 Å². The predicted octanol–water partition coefficient (Wildman–Crippen LogP) is 2.37. The van der Waals surface area contributed by atoms with Crippen LogP contribution in [-0.2, 0) is 6.42 Å². The average Bonchev–Trinajstić information content (AvgIpc) is 2.66. The molecule has 90 valence electrons. The topological polar surface area (TPSA) is 63.9 Å². The van der Waals surface area contributed by atoms with Crippen LogP contribution in [0.4, 0.5) is 5.95 Å². The Labute approximate surface area is 101 Å². The molecular formula is C13H17N3O. The summed E-state index contributed by atoms with van der Waals surface area (Å²) < 4.78 is 5.58. The van der Waals surface area contributed by atoms with E-state index in [1.807, 2.05) is 26.0 Å². The van der Waals surface area contributed by atoms with E-state index in [0.29, 0.717) is 5.95 Å². The minimum Gasteiger partial charge on any atom is -0.491 e. The molecule has 3 N–H and O–H groups in total. The van der Waals surface area contributed by atoms with Crippen molar-refractivity contribution in [3.05, 3.63) is 41.7 Å². The number of benzene rings is 1. The molecule has 0 aliphatic carbocycles. The van der Waals surface area contributed by atoms with Gasteiger partial charge < -0.3 is 15.5 Å². The van der Waals surface area contributed by atoms with Crippen LogP contribution in [0.15, 0.2) is 30.5 Å². The molecule has 0 amide bonds. The van der Waals surface area contributed by atoms with Crippen LogP contribution in [0, 0.1) is 0 Å². The lowest BCUT2D eigenvalue weighted by molar-refractivity contribution is 0.242. The molecule has 0 bridgehead atoms. The van der Waals surface area contributed by atoms with Gasteiger partial charge in [0, 0.05) is 12.1 Å². The Morgan fingerprint density at radius 2 is 2.00 bits per heavy atom. The average molecular weight is 231 g/mol. The number of rotatable bonds is 4. The third-order valence-electron chi connectivity index (χ3n) is 2.34. The van der Waals surface area contributed by atoms with Crippen molar-refractivity contribution in [2.24, 2.45) is 0 Å². The zero-order valence-corrected chi connectivity index (χ0v) is 10.1. The summed E-state index contributed by atoms with van der Waals surface area (Å²) in [7, 11) is 0. The van der Waals surface area contributed by atoms with Gasteiger partial charge in [0.05, 0.1) is 12.3 Å². The van der Waals surface area contributed by atoms with Gasteiger partial charge in [0.1, 0.15) is 5.75 Å². The highest BCUT2D eigenvalue weighted by molar-refractivity contribution is 5.30. The lowest BCUT2D eigenvalue weighted by atomic mass is 10.1. The zero-order chi connectivity index (χ0) is 12.3. The van der Waals surface area contributed by atoms with E-state index in [-0.39, 0.29) is 6.10 Å². The maximum Gasteiger partial charge on any atom is 0.197 e. The van der Waals surface area contributed by atoms with Gasteiger partial charge in [0.25, 0.3) is 0 Å². The molecule has 1 aromatic carbocycles. The molecule has 0 atom stereocenters. The van der Waals surface area contributed by atoms with Crippen molar-refractivity contribution in [1.29, 1.82) is 0 Å². The molecule has 17 heavy (non-hydrogen) atoms. The molecule has 0 spiro atoms. The summed E-state index contributed by atoms with van der Waals surface area (Å²) in [6, 6.07) is 8.06. The Hall–Kier alpha value is -1.97. The summed E-state index contributed by atoms with van der Waals surface area (Å²) in [5, 5.41) is 0. The van der Waals surface area contributed by atoms with Crippen molar-refractivity contribution in [1.82, 2.24) is 9.97 Å². The second-order valence-electron chi connectivity index (χ2n) is 4.28. The number of hydrogen-bond donors (Lipinski definition) is 2. The fraction of sp³-hybridized carbons (Fsp3) is 0.308. The zero-order valence-electron chi connectivity index (χ0n) is 10.1. The quantitative estimate of drug-likeness (QED) is 0.849. The van der Waals surface area contributed by atoms with Gasteiger partial charge in [0.2, 0.25) is 0 Å². The fourth-order valence-electron chi connectivity index (χ4n) is 1.64. The fourth-order valence-corrected chi connectivity index (χ4v) is 1.64. The van der Waals surface area contributed by atoms with Crippen molar-refractivity contribution in [2.45, 2.75) is 26.4 Å². The summed E-state index contributed by atoms with van der Waals surface area (Å²) in [5.41, 5.74) is 7.74. The second kappa shape index (κ2) is 4.91. The molecule has 1 heterocycles. The lowest BCUT2D eigenvalue weighted by Gasteiger charge is -2.09. The van der Waals surface area contributed by atoms with Crippen molar-refractivity contribution in [3.63, 3.8) is 0 Å². The Morgan fingerprint density at radius 1 is 1.29 bits per heavy atom. The van der Waals surface area contributed by atoms with E-state index in [2.05, 4.69) is 22.1 Å². The van der Waals surface area contributed by atoms with Crippen LogP contribution in [0.5, 0.6) is 5.75 Å². The van der Waals surface area contributed by atoms with Crippen LogP contribution in [0.2, 0.25) is 0 Å². The van der Waals surface area contributed by atoms with Crippen LogP contribution in [0.1, 0.15) is 25.1 Å². The number of nitrogens with zero attached hydrogens (tertiary/aromatic N) is 1. The first-order valence-electron chi connectivity index (χ1n) is 5.68. The summed E-state index contributed by atoms with van der Waals surface area (Å²) >= 11 is 0. The maximum absolute atomic E-state index is 5.58. The highest BCUT2D eigenvalue weighted by Gasteiger charge is 2.01. The predicted molar refractivity (Wildman–Crippen MR) is 68.0 cm³/mol. The number of nitrogens with two attached hydrogens (primary N) is 1. The number of anilines is 1. The van der Waals surface area contributed by atoms with E-state index in [1.165, 1.54) is 5.56 Å². The highest BCUT2D eigenvalue weighted by atomic mass is 16.5. The summed E-state index contributed by atoms with van der Waals surface area (Å²) in [6.07, 6.45) is 2.76. The lowest BCUT2D eigenvalue weighted by Crippen LogP contribution is -2.05. The number of hydrogen-bond acceptors (Lipinski definition) is 3. The number of nitrogen functional groups attached to an aromatic ring is 1. The number of aromatic nitrogens is 2. The van der Waals surface area contributed by atoms with Gasteiger partial charge in [-0.2, -0.15) is 0 Å². The monoisotopic (exact) mass is 231 g/mol. The molecule has 4 nitrogen and oxygen atoms in total. The van der Waals surface area contributed by atoms with Gasteiger partial charge in [-0.25, -0.2) is 4.98 Å². The molecule has 0 aliphatic heterocycles. The Balaban J connectivity index is 2.03. The molecule has 0 saturated carbocycles. The van der Waals surface area contributed by atoms with Gasteiger partial charge >= 0.3 is 0 Å². The minimum absolute atomic E-state index is 0.202. The first-order valence-corrected chi connectivity index (χ1v) is 5.68. The van der Waals surface area contributed by atoms with Crippen LogP contribution in [0.3, 0.4) is 0 Å². The van der Waals surface area contributed by atoms with E-state index in [9.17, 15) is 0 Å². The van der Waals surface area contributed by atoms with Crippen molar-refractivity contribution >= 4 is 5.95 Å². The van der Waals surface area contributed by atoms with Crippen molar-refractivity contribution in [2.75, 3.05) is 5.73 Å².